The fourth-order valence-electron chi connectivity index (χ4n) is 5.68. The van der Waals surface area contributed by atoms with Crippen LogP contribution in [0, 0.1) is 6.92 Å². The Morgan fingerprint density at radius 2 is 1.88 bits per heavy atom. The second-order valence-corrected chi connectivity index (χ2v) is 18.7. The maximum absolute atomic E-state index is 13.9. The number of carbonyl (C=O) groups is 1. The molecule has 1 unspecified atom stereocenters. The number of aromatic nitrogens is 6. The molecule has 248 valence electrons. The van der Waals surface area contributed by atoms with E-state index < -0.39 is 20.1 Å². The van der Waals surface area contributed by atoms with Crippen LogP contribution in [-0.2, 0) is 11.5 Å². The van der Waals surface area contributed by atoms with E-state index in [4.69, 9.17) is 15.6 Å². The van der Waals surface area contributed by atoms with E-state index in [0.29, 0.717) is 57.3 Å². The highest BCUT2D eigenvalue weighted by molar-refractivity contribution is 6.76. The number of nitrogens with zero attached hydrogens (tertiary/aromatic N) is 6. The number of phenolic OH excluding ortho intramolecular Hbond substituents is 1. The predicted octanol–water partition coefficient (Wildman–Crippen LogP) is 5.89. The second kappa shape index (κ2) is 13.0. The van der Waals surface area contributed by atoms with Crippen LogP contribution in [-0.4, -0.2) is 54.5 Å². The molecule has 1 atom stereocenters. The van der Waals surface area contributed by atoms with Crippen molar-refractivity contribution in [1.29, 1.82) is 0 Å². The van der Waals surface area contributed by atoms with Gasteiger partial charge in [-0.1, -0.05) is 37.8 Å². The van der Waals surface area contributed by atoms with Gasteiger partial charge in [0.25, 0.3) is 5.56 Å². The average Bonchev–Trinajstić information content (AvgIpc) is 3.59. The summed E-state index contributed by atoms with van der Waals surface area (Å²) in [5.41, 5.74) is 9.41. The van der Waals surface area contributed by atoms with Gasteiger partial charge in [0.05, 0.1) is 17.1 Å². The van der Waals surface area contributed by atoms with Crippen molar-refractivity contribution in [3.05, 3.63) is 95.1 Å². The number of phenols is 1. The molecule has 48 heavy (non-hydrogen) atoms. The number of carbonyl (C=O) groups excluding carboxylic acids is 1. The Labute approximate surface area is 278 Å². The minimum atomic E-state index is -1.31. The summed E-state index contributed by atoms with van der Waals surface area (Å²) in [5.74, 6) is 0.894. The van der Waals surface area contributed by atoms with Gasteiger partial charge in [0.15, 0.2) is 5.82 Å². The van der Waals surface area contributed by atoms with Gasteiger partial charge < -0.3 is 30.8 Å². The van der Waals surface area contributed by atoms with E-state index in [-0.39, 0.29) is 18.0 Å². The van der Waals surface area contributed by atoms with Gasteiger partial charge in [-0.2, -0.15) is 5.10 Å². The Bertz CT molecular complexity index is 2190. The lowest BCUT2D eigenvalue weighted by Crippen LogP contribution is -2.29. The van der Waals surface area contributed by atoms with Crippen molar-refractivity contribution < 1.29 is 14.6 Å². The van der Waals surface area contributed by atoms with Crippen LogP contribution in [0.15, 0.2) is 78.1 Å². The molecule has 0 aliphatic heterocycles. The number of amides is 2. The van der Waals surface area contributed by atoms with Gasteiger partial charge in [0.2, 0.25) is 0 Å². The van der Waals surface area contributed by atoms with Crippen LogP contribution in [0.25, 0.3) is 33.4 Å². The number of rotatable bonds is 11. The van der Waals surface area contributed by atoms with Gasteiger partial charge in [-0.05, 0) is 61.4 Å². The van der Waals surface area contributed by atoms with Gasteiger partial charge in [-0.15, -0.1) is 0 Å². The average molecular weight is 666 g/mol. The minimum absolute atomic E-state index is 0.0605. The van der Waals surface area contributed by atoms with Crippen LogP contribution in [0.3, 0.4) is 0 Å². The summed E-state index contributed by atoms with van der Waals surface area (Å²) in [6.45, 7) is 11.6. The van der Waals surface area contributed by atoms with Crippen LogP contribution < -0.4 is 21.9 Å². The maximum Gasteiger partial charge on any atom is 0.316 e. The van der Waals surface area contributed by atoms with Crippen molar-refractivity contribution in [2.75, 3.05) is 17.2 Å². The number of aryl methyl sites for hydroxylation is 1. The van der Waals surface area contributed by atoms with Crippen LogP contribution in [0.1, 0.15) is 24.4 Å². The molecule has 2 amide bonds. The van der Waals surface area contributed by atoms with E-state index in [0.717, 1.165) is 11.6 Å². The van der Waals surface area contributed by atoms with Gasteiger partial charge in [-0.3, -0.25) is 9.36 Å². The lowest BCUT2D eigenvalue weighted by molar-refractivity contribution is 0.0899. The third-order valence-corrected chi connectivity index (χ3v) is 9.75. The number of nitrogens with two attached hydrogens (primary N) is 1. The largest absolute Gasteiger partial charge is 0.508 e. The number of para-hydroxylation sites is 1. The molecule has 0 aliphatic carbocycles. The highest BCUT2D eigenvalue weighted by atomic mass is 28.3. The van der Waals surface area contributed by atoms with Crippen LogP contribution >= 0.6 is 0 Å². The van der Waals surface area contributed by atoms with Crippen molar-refractivity contribution >= 4 is 42.2 Å². The first-order valence-electron chi connectivity index (χ1n) is 15.6. The molecule has 5 N–H and O–H groups in total. The first-order chi connectivity index (χ1) is 22.9. The summed E-state index contributed by atoms with van der Waals surface area (Å²) < 4.78 is 11.2. The third kappa shape index (κ3) is 6.66. The van der Waals surface area contributed by atoms with Gasteiger partial charge in [0.1, 0.15) is 35.8 Å². The zero-order chi connectivity index (χ0) is 34.2. The molecule has 0 saturated heterocycles. The highest BCUT2D eigenvalue weighted by Gasteiger charge is 2.23. The van der Waals surface area contributed by atoms with Gasteiger partial charge >= 0.3 is 6.03 Å². The summed E-state index contributed by atoms with van der Waals surface area (Å²) in [5, 5.41) is 22.2. The summed E-state index contributed by atoms with van der Waals surface area (Å²) in [7, 11) is -1.31. The van der Waals surface area contributed by atoms with E-state index in [2.05, 4.69) is 40.2 Å². The first-order valence-corrected chi connectivity index (χ1v) is 19.4. The van der Waals surface area contributed by atoms with E-state index in [1.807, 2.05) is 61.0 Å². The number of fused-ring (bicyclic) bond motifs is 2. The molecule has 4 heterocycles. The Morgan fingerprint density at radius 3 is 2.60 bits per heavy atom. The zero-order valence-corrected chi connectivity index (χ0v) is 28.6. The number of aromatic hydroxyl groups is 1. The van der Waals surface area contributed by atoms with Crippen LogP contribution in [0.4, 0.5) is 16.3 Å². The summed E-state index contributed by atoms with van der Waals surface area (Å²) >= 11 is 0. The van der Waals surface area contributed by atoms with E-state index in [9.17, 15) is 14.7 Å². The minimum Gasteiger partial charge on any atom is -0.508 e. The maximum atomic E-state index is 13.9. The number of hydrogen-bond donors (Lipinski definition) is 4. The van der Waals surface area contributed by atoms with E-state index in [1.54, 1.807) is 27.4 Å². The lowest BCUT2D eigenvalue weighted by Gasteiger charge is -2.20. The fraction of sp³-hybridized carbons (Fsp3) is 0.265. The molecular formula is C34H39N9O4Si. The standard InChI is InChI=1S/C34H39N9O4Si/c1-21-11-12-42-29(21)33(45)43(25-9-7-6-8-10-25)31(40-42)22(2)38-30-28-27(23-15-24(39-34(35)46)17-26(44)16-23)18-41(32(28)37-19-36-30)20-47-13-14-48(3,4)5/h6-12,15-19,22,44H,13-14,20H2,1-5H3,(H3,35,39,46)(H,36,37,38). The molecule has 0 saturated carbocycles. The molecule has 0 radical (unpaired) electrons. The molecule has 0 fully saturated rings. The number of primary amides is 1. The lowest BCUT2D eigenvalue weighted by atomic mass is 10.0. The van der Waals surface area contributed by atoms with Crippen molar-refractivity contribution in [2.45, 2.75) is 52.3 Å². The number of anilines is 2. The number of hydrogen-bond acceptors (Lipinski definition) is 8. The molecule has 13 nitrogen and oxygen atoms in total. The van der Waals surface area contributed by atoms with Crippen molar-refractivity contribution in [3.8, 4) is 22.6 Å². The molecule has 14 heteroatoms. The molecule has 4 aromatic heterocycles. The molecule has 0 bridgehead atoms. The molecule has 6 aromatic rings. The Kier molecular flexibility index (Phi) is 8.77. The number of benzene rings is 2. The van der Waals surface area contributed by atoms with E-state index in [1.165, 1.54) is 12.4 Å². The summed E-state index contributed by atoms with van der Waals surface area (Å²) in [4.78, 5) is 34.9. The Balaban J connectivity index is 1.47. The number of ether oxygens (including phenoxy) is 1. The normalized spacial score (nSPS) is 12.4. The van der Waals surface area contributed by atoms with Crippen LogP contribution in [0.2, 0.25) is 25.7 Å². The topological polar surface area (TPSA) is 167 Å². The number of nitrogens with one attached hydrogen (secondary N) is 2. The quantitative estimate of drug-likeness (QED) is 0.0982. The molecule has 0 spiro atoms. The SMILES string of the molecule is Cc1ccn2nc(C(C)Nc3ncnc4c3c(-c3cc(O)cc(NC(N)=O)c3)cn4COCC[Si](C)(C)C)n(-c3ccccc3)c(=O)c12. The molecule has 0 aliphatic rings. The van der Waals surface area contributed by atoms with Gasteiger partial charge in [-0.25, -0.2) is 19.3 Å². The van der Waals surface area contributed by atoms with Crippen LogP contribution in [0.5, 0.6) is 5.75 Å². The van der Waals surface area contributed by atoms with Gasteiger partial charge in [0, 0.05) is 44.4 Å². The van der Waals surface area contributed by atoms with Crippen molar-refractivity contribution in [1.82, 2.24) is 28.7 Å². The first kappa shape index (κ1) is 32.5. The van der Waals surface area contributed by atoms with E-state index >= 15 is 0 Å². The predicted molar refractivity (Wildman–Crippen MR) is 190 cm³/mol. The second-order valence-electron chi connectivity index (χ2n) is 13.0. The number of urea groups is 1. The molecule has 2 aromatic carbocycles. The summed E-state index contributed by atoms with van der Waals surface area (Å²) in [6, 6.07) is 15.7. The molecule has 6 rings (SSSR count). The van der Waals surface area contributed by atoms with Crippen molar-refractivity contribution in [2.24, 2.45) is 5.73 Å². The highest BCUT2D eigenvalue weighted by Crippen LogP contribution is 2.38. The van der Waals surface area contributed by atoms with Crippen molar-refractivity contribution in [3.63, 3.8) is 0 Å². The molecular weight excluding hydrogens is 627 g/mol. The third-order valence-electron chi connectivity index (χ3n) is 8.04. The fourth-order valence-corrected chi connectivity index (χ4v) is 6.44. The Hall–Kier alpha value is -5.47. The zero-order valence-electron chi connectivity index (χ0n) is 27.6. The Morgan fingerprint density at radius 1 is 1.10 bits per heavy atom. The monoisotopic (exact) mass is 665 g/mol. The smallest absolute Gasteiger partial charge is 0.316 e. The summed E-state index contributed by atoms with van der Waals surface area (Å²) in [6.07, 6.45) is 5.14.